The molecule has 0 atom stereocenters. The third-order valence-electron chi connectivity index (χ3n) is 12.8. The lowest BCUT2D eigenvalue weighted by atomic mass is 9.67. The van der Waals surface area contributed by atoms with Gasteiger partial charge in [0.15, 0.2) is 17.5 Å². The molecule has 11 rings (SSSR count). The molecular formula is C56H40N4. The molecule has 0 N–H and O–H groups in total. The van der Waals surface area contributed by atoms with Crippen molar-refractivity contribution in [3.8, 4) is 84.7 Å². The van der Waals surface area contributed by atoms with Crippen molar-refractivity contribution in [2.75, 3.05) is 0 Å². The van der Waals surface area contributed by atoms with Gasteiger partial charge in [0.05, 0.1) is 11.6 Å². The molecule has 9 aromatic rings. The molecule has 8 aromatic carbocycles. The van der Waals surface area contributed by atoms with Crippen LogP contribution in [0.25, 0.3) is 89.4 Å². The third-order valence-corrected chi connectivity index (χ3v) is 12.8. The highest BCUT2D eigenvalue weighted by atomic mass is 15.0. The van der Waals surface area contributed by atoms with Gasteiger partial charge in [0, 0.05) is 22.1 Å². The molecule has 0 amide bonds. The van der Waals surface area contributed by atoms with Crippen molar-refractivity contribution in [3.05, 3.63) is 199 Å². The number of rotatable bonds is 6. The van der Waals surface area contributed by atoms with Gasteiger partial charge in [-0.15, -0.1) is 0 Å². The number of nitriles is 1. The summed E-state index contributed by atoms with van der Waals surface area (Å²) in [6.07, 6.45) is 5.95. The maximum atomic E-state index is 9.90. The molecule has 1 spiro atoms. The normalized spacial score (nSPS) is 13.8. The number of nitrogens with zero attached hydrogens (tertiary/aromatic N) is 4. The van der Waals surface area contributed by atoms with Crippen molar-refractivity contribution in [1.29, 1.82) is 5.26 Å². The Labute approximate surface area is 350 Å². The fourth-order valence-corrected chi connectivity index (χ4v) is 9.91. The molecule has 0 saturated heterocycles. The van der Waals surface area contributed by atoms with Crippen LogP contribution in [-0.4, -0.2) is 15.0 Å². The summed E-state index contributed by atoms with van der Waals surface area (Å²) in [6, 6.07) is 66.7. The van der Waals surface area contributed by atoms with Crippen LogP contribution in [-0.2, 0) is 5.41 Å². The topological polar surface area (TPSA) is 62.5 Å². The van der Waals surface area contributed by atoms with E-state index in [4.69, 9.17) is 15.0 Å². The lowest BCUT2D eigenvalue weighted by Gasteiger charge is -2.36. The van der Waals surface area contributed by atoms with E-state index in [1.807, 2.05) is 42.5 Å². The Kier molecular flexibility index (Phi) is 8.75. The molecule has 60 heavy (non-hydrogen) atoms. The van der Waals surface area contributed by atoms with Crippen molar-refractivity contribution in [1.82, 2.24) is 15.0 Å². The summed E-state index contributed by atoms with van der Waals surface area (Å²) in [4.78, 5) is 15.0. The summed E-state index contributed by atoms with van der Waals surface area (Å²) in [5, 5.41) is 12.3. The quantitative estimate of drug-likeness (QED) is 0.169. The van der Waals surface area contributed by atoms with E-state index in [9.17, 15) is 5.26 Å². The van der Waals surface area contributed by atoms with Crippen LogP contribution in [0.3, 0.4) is 0 Å². The van der Waals surface area contributed by atoms with E-state index in [0.29, 0.717) is 17.5 Å². The van der Waals surface area contributed by atoms with Crippen LogP contribution in [0.5, 0.6) is 0 Å². The summed E-state index contributed by atoms with van der Waals surface area (Å²) in [7, 11) is 0. The number of benzene rings is 8. The molecule has 0 bridgehead atoms. The van der Waals surface area contributed by atoms with E-state index < -0.39 is 0 Å². The second-order valence-electron chi connectivity index (χ2n) is 16.1. The first-order chi connectivity index (χ1) is 29.7. The van der Waals surface area contributed by atoms with E-state index in [2.05, 4.69) is 146 Å². The molecule has 0 aliphatic heterocycles. The number of hydrogen-bond acceptors (Lipinski definition) is 4. The van der Waals surface area contributed by atoms with Crippen molar-refractivity contribution < 1.29 is 0 Å². The fourth-order valence-electron chi connectivity index (χ4n) is 9.91. The van der Waals surface area contributed by atoms with Crippen molar-refractivity contribution >= 4 is 10.8 Å². The summed E-state index contributed by atoms with van der Waals surface area (Å²) in [5.41, 5.74) is 16.0. The van der Waals surface area contributed by atoms with E-state index in [1.54, 1.807) is 0 Å². The van der Waals surface area contributed by atoms with Crippen LogP contribution in [0.1, 0.15) is 48.8 Å². The van der Waals surface area contributed by atoms with E-state index in [-0.39, 0.29) is 5.41 Å². The third kappa shape index (κ3) is 6.01. The van der Waals surface area contributed by atoms with Crippen LogP contribution >= 0.6 is 0 Å². The van der Waals surface area contributed by atoms with Crippen molar-refractivity contribution in [3.63, 3.8) is 0 Å². The molecule has 1 saturated carbocycles. The molecule has 1 heterocycles. The molecule has 284 valence electrons. The van der Waals surface area contributed by atoms with Gasteiger partial charge in [-0.25, -0.2) is 15.0 Å². The number of fused-ring (bicyclic) bond motifs is 6. The maximum absolute atomic E-state index is 9.90. The number of hydrogen-bond donors (Lipinski definition) is 0. The standard InChI is InChI=1S/C56H40N4/c57-36-37-21-30-49-51(35-37)56(33-10-3-11-34-56)50-20-12-19-48(52(49)50)47-32-31-44(45-17-8-9-18-46(45)47)40-24-28-43(29-25-40)55-59-53(41-15-6-2-7-16-41)58-54(60-55)42-26-22-39(23-27-42)38-13-4-1-5-14-38/h1-2,4-9,12-32,35H,3,10-11,33-34H2. The van der Waals surface area contributed by atoms with Gasteiger partial charge >= 0.3 is 0 Å². The minimum absolute atomic E-state index is 0.0303. The van der Waals surface area contributed by atoms with Gasteiger partial charge < -0.3 is 0 Å². The summed E-state index contributed by atoms with van der Waals surface area (Å²) >= 11 is 0. The summed E-state index contributed by atoms with van der Waals surface area (Å²) in [6.45, 7) is 0. The Hall–Kier alpha value is -7.48. The zero-order valence-electron chi connectivity index (χ0n) is 33.1. The second-order valence-corrected chi connectivity index (χ2v) is 16.1. The van der Waals surface area contributed by atoms with Crippen LogP contribution < -0.4 is 0 Å². The molecular weight excluding hydrogens is 729 g/mol. The monoisotopic (exact) mass is 768 g/mol. The summed E-state index contributed by atoms with van der Waals surface area (Å²) < 4.78 is 0. The first-order valence-electron chi connectivity index (χ1n) is 21.0. The van der Waals surface area contributed by atoms with Gasteiger partial charge in [0.2, 0.25) is 0 Å². The van der Waals surface area contributed by atoms with Crippen molar-refractivity contribution in [2.24, 2.45) is 0 Å². The highest BCUT2D eigenvalue weighted by Gasteiger charge is 2.44. The first-order valence-corrected chi connectivity index (χ1v) is 21.0. The van der Waals surface area contributed by atoms with Crippen LogP contribution in [0.4, 0.5) is 0 Å². The lowest BCUT2D eigenvalue weighted by molar-refractivity contribution is 0.353. The molecule has 2 aliphatic carbocycles. The van der Waals surface area contributed by atoms with E-state index in [0.717, 1.165) is 46.2 Å². The van der Waals surface area contributed by atoms with Gasteiger partial charge in [0.25, 0.3) is 0 Å². The molecule has 4 heteroatoms. The summed E-state index contributed by atoms with van der Waals surface area (Å²) in [5.74, 6) is 1.91. The molecule has 4 nitrogen and oxygen atoms in total. The maximum Gasteiger partial charge on any atom is 0.164 e. The van der Waals surface area contributed by atoms with Crippen LogP contribution in [0.15, 0.2) is 182 Å². The number of aromatic nitrogens is 3. The smallest absolute Gasteiger partial charge is 0.164 e. The average molecular weight is 769 g/mol. The van der Waals surface area contributed by atoms with Gasteiger partial charge in [-0.05, 0) is 91.4 Å². The zero-order valence-corrected chi connectivity index (χ0v) is 33.1. The second kappa shape index (κ2) is 14.7. The molecule has 0 radical (unpaired) electrons. The highest BCUT2D eigenvalue weighted by molar-refractivity contribution is 6.08. The average Bonchev–Trinajstić information content (AvgIpc) is 3.59. The van der Waals surface area contributed by atoms with Crippen molar-refractivity contribution in [2.45, 2.75) is 37.5 Å². The Morgan fingerprint density at radius 1 is 0.383 bits per heavy atom. The highest BCUT2D eigenvalue weighted by Crippen LogP contribution is 2.58. The van der Waals surface area contributed by atoms with E-state index in [1.165, 1.54) is 74.5 Å². The van der Waals surface area contributed by atoms with Gasteiger partial charge in [-0.2, -0.15) is 5.26 Å². The molecule has 1 aromatic heterocycles. The predicted octanol–water partition coefficient (Wildman–Crippen LogP) is 14.1. The largest absolute Gasteiger partial charge is 0.208 e. The minimum Gasteiger partial charge on any atom is -0.208 e. The SMILES string of the molecule is N#Cc1ccc2c(c1)C1(CCCCC1)c1cccc(-c3ccc(-c4ccc(-c5nc(-c6ccccc6)nc(-c6ccc(-c7ccccc7)cc6)n5)cc4)c4ccccc34)c1-2. The first kappa shape index (κ1) is 35.7. The van der Waals surface area contributed by atoms with Crippen LogP contribution in [0.2, 0.25) is 0 Å². The molecule has 0 unspecified atom stereocenters. The molecule has 1 fully saturated rings. The van der Waals surface area contributed by atoms with Gasteiger partial charge in [-0.3, -0.25) is 0 Å². The van der Waals surface area contributed by atoms with Gasteiger partial charge in [-0.1, -0.05) is 189 Å². The zero-order chi connectivity index (χ0) is 40.0. The predicted molar refractivity (Wildman–Crippen MR) is 244 cm³/mol. The Morgan fingerprint density at radius 2 is 0.883 bits per heavy atom. The Bertz CT molecular complexity index is 3100. The van der Waals surface area contributed by atoms with E-state index >= 15 is 0 Å². The Morgan fingerprint density at radius 3 is 1.52 bits per heavy atom. The van der Waals surface area contributed by atoms with Crippen LogP contribution in [0, 0.1) is 11.3 Å². The lowest BCUT2D eigenvalue weighted by Crippen LogP contribution is -2.28. The minimum atomic E-state index is -0.0303. The fraction of sp³-hybridized carbons (Fsp3) is 0.107. The Balaban J connectivity index is 0.981. The molecule has 2 aliphatic rings. The van der Waals surface area contributed by atoms with Gasteiger partial charge in [0.1, 0.15) is 0 Å².